The van der Waals surface area contributed by atoms with Crippen molar-refractivity contribution >= 4 is 63.5 Å². The van der Waals surface area contributed by atoms with E-state index in [9.17, 15) is 9.59 Å². The predicted octanol–water partition coefficient (Wildman–Crippen LogP) is 4.89. The SMILES string of the molecule is Cc1c(Cl)cnc(NC(=O)COC(=O)c2cc3cc(Cl)ccc3o2)c1Cl. The van der Waals surface area contributed by atoms with Gasteiger partial charge in [0.1, 0.15) is 5.58 Å². The first kappa shape index (κ1) is 18.5. The fraction of sp³-hybridized carbons (Fsp3) is 0.118. The molecular weight excluding hydrogens is 403 g/mol. The summed E-state index contributed by atoms with van der Waals surface area (Å²) in [6.45, 7) is 1.16. The highest BCUT2D eigenvalue weighted by Crippen LogP contribution is 2.28. The summed E-state index contributed by atoms with van der Waals surface area (Å²) in [5.41, 5.74) is 1.06. The van der Waals surface area contributed by atoms with Crippen LogP contribution in [0.15, 0.2) is 34.9 Å². The van der Waals surface area contributed by atoms with Crippen molar-refractivity contribution in [1.29, 1.82) is 0 Å². The molecule has 3 rings (SSSR count). The number of fused-ring (bicyclic) bond motifs is 1. The summed E-state index contributed by atoms with van der Waals surface area (Å²) in [7, 11) is 0. The molecule has 2 heterocycles. The average Bonchev–Trinajstić information content (AvgIpc) is 3.03. The van der Waals surface area contributed by atoms with Gasteiger partial charge in [0.05, 0.1) is 10.0 Å². The van der Waals surface area contributed by atoms with E-state index in [-0.39, 0.29) is 16.6 Å². The topological polar surface area (TPSA) is 81.4 Å². The Morgan fingerprint density at radius 3 is 2.77 bits per heavy atom. The van der Waals surface area contributed by atoms with Crippen molar-refractivity contribution < 1.29 is 18.7 Å². The number of nitrogens with one attached hydrogen (secondary N) is 1. The van der Waals surface area contributed by atoms with Crippen LogP contribution >= 0.6 is 34.8 Å². The first-order chi connectivity index (χ1) is 12.3. The molecule has 0 atom stereocenters. The lowest BCUT2D eigenvalue weighted by Crippen LogP contribution is -2.21. The lowest BCUT2D eigenvalue weighted by Gasteiger charge is -2.09. The van der Waals surface area contributed by atoms with E-state index in [4.69, 9.17) is 44.0 Å². The van der Waals surface area contributed by atoms with Gasteiger partial charge < -0.3 is 14.5 Å². The highest BCUT2D eigenvalue weighted by atomic mass is 35.5. The number of aromatic nitrogens is 1. The minimum absolute atomic E-state index is 0.0337. The monoisotopic (exact) mass is 412 g/mol. The van der Waals surface area contributed by atoms with Gasteiger partial charge in [-0.3, -0.25) is 4.79 Å². The zero-order valence-corrected chi connectivity index (χ0v) is 15.6. The van der Waals surface area contributed by atoms with Crippen LogP contribution < -0.4 is 5.32 Å². The number of anilines is 1. The van der Waals surface area contributed by atoms with Gasteiger partial charge in [-0.2, -0.15) is 0 Å². The summed E-state index contributed by atoms with van der Waals surface area (Å²) in [5, 5.41) is 4.21. The number of benzene rings is 1. The molecule has 1 amide bonds. The third kappa shape index (κ3) is 3.93. The predicted molar refractivity (Wildman–Crippen MR) is 99.1 cm³/mol. The van der Waals surface area contributed by atoms with E-state index in [0.717, 1.165) is 0 Å². The molecule has 134 valence electrons. The average molecular weight is 414 g/mol. The van der Waals surface area contributed by atoms with E-state index in [1.54, 1.807) is 25.1 Å². The van der Waals surface area contributed by atoms with Crippen LogP contribution in [0.25, 0.3) is 11.0 Å². The van der Waals surface area contributed by atoms with E-state index in [0.29, 0.717) is 26.6 Å². The van der Waals surface area contributed by atoms with Crippen molar-refractivity contribution in [2.45, 2.75) is 6.92 Å². The number of ether oxygens (including phenoxy) is 1. The Morgan fingerprint density at radius 2 is 2.00 bits per heavy atom. The molecule has 0 fully saturated rings. The summed E-state index contributed by atoms with van der Waals surface area (Å²) in [6, 6.07) is 6.42. The van der Waals surface area contributed by atoms with E-state index >= 15 is 0 Å². The van der Waals surface area contributed by atoms with Crippen LogP contribution in [0.4, 0.5) is 5.82 Å². The normalized spacial score (nSPS) is 10.8. The number of hydrogen-bond acceptors (Lipinski definition) is 5. The van der Waals surface area contributed by atoms with Crippen LogP contribution in [0.2, 0.25) is 15.1 Å². The molecule has 1 aromatic carbocycles. The fourth-order valence-corrected chi connectivity index (χ4v) is 2.70. The van der Waals surface area contributed by atoms with Gasteiger partial charge in [0.15, 0.2) is 12.4 Å². The molecule has 0 unspecified atom stereocenters. The van der Waals surface area contributed by atoms with Gasteiger partial charge in [0.2, 0.25) is 5.76 Å². The van der Waals surface area contributed by atoms with Crippen LogP contribution in [0.3, 0.4) is 0 Å². The van der Waals surface area contributed by atoms with Gasteiger partial charge in [-0.25, -0.2) is 9.78 Å². The zero-order chi connectivity index (χ0) is 18.8. The lowest BCUT2D eigenvalue weighted by atomic mass is 10.2. The molecule has 0 radical (unpaired) electrons. The highest BCUT2D eigenvalue weighted by molar-refractivity contribution is 6.37. The van der Waals surface area contributed by atoms with Crippen LogP contribution in [0, 0.1) is 6.92 Å². The first-order valence-corrected chi connectivity index (χ1v) is 8.45. The summed E-state index contributed by atoms with van der Waals surface area (Å²) >= 11 is 17.8. The molecule has 26 heavy (non-hydrogen) atoms. The molecule has 0 spiro atoms. The maximum absolute atomic E-state index is 12.0. The number of pyridine rings is 1. The summed E-state index contributed by atoms with van der Waals surface area (Å²) in [6.07, 6.45) is 1.37. The smallest absolute Gasteiger partial charge is 0.374 e. The molecule has 1 N–H and O–H groups in total. The van der Waals surface area contributed by atoms with E-state index < -0.39 is 18.5 Å². The van der Waals surface area contributed by atoms with Crippen LogP contribution in [-0.2, 0) is 9.53 Å². The molecule has 3 aromatic rings. The van der Waals surface area contributed by atoms with Gasteiger partial charge in [-0.15, -0.1) is 0 Å². The van der Waals surface area contributed by atoms with Gasteiger partial charge in [0.25, 0.3) is 5.91 Å². The molecule has 0 saturated heterocycles. The summed E-state index contributed by atoms with van der Waals surface area (Å²) < 4.78 is 10.3. The number of hydrogen-bond donors (Lipinski definition) is 1. The Kier molecular flexibility index (Phi) is 5.36. The van der Waals surface area contributed by atoms with Crippen molar-refractivity contribution in [2.24, 2.45) is 0 Å². The Morgan fingerprint density at radius 1 is 1.23 bits per heavy atom. The molecule has 2 aromatic heterocycles. The number of esters is 1. The summed E-state index contributed by atoms with van der Waals surface area (Å²) in [4.78, 5) is 27.9. The van der Waals surface area contributed by atoms with Crippen molar-refractivity contribution in [3.05, 3.63) is 56.9 Å². The molecule has 6 nitrogen and oxygen atoms in total. The number of nitrogens with zero attached hydrogens (tertiary/aromatic N) is 1. The van der Waals surface area contributed by atoms with E-state index in [1.165, 1.54) is 12.3 Å². The maximum atomic E-state index is 12.0. The number of furan rings is 1. The van der Waals surface area contributed by atoms with Gasteiger partial charge in [0, 0.05) is 16.6 Å². The molecule has 0 aliphatic carbocycles. The second-order valence-corrected chi connectivity index (χ2v) is 6.53. The standard InChI is InChI=1S/C17H11Cl3N2O4/c1-8-11(19)6-21-16(15(8)20)22-14(23)7-25-17(24)13-5-9-4-10(18)2-3-12(9)26-13/h2-6H,7H2,1H3,(H,21,22,23). The molecule has 0 bridgehead atoms. The Balaban J connectivity index is 1.63. The Labute approximate surface area is 163 Å². The fourth-order valence-electron chi connectivity index (χ4n) is 2.13. The second-order valence-electron chi connectivity index (χ2n) is 5.31. The molecule has 0 aliphatic heterocycles. The molecular formula is C17H11Cl3N2O4. The number of carbonyl (C=O) groups excluding carboxylic acids is 2. The van der Waals surface area contributed by atoms with Crippen LogP contribution in [0.1, 0.15) is 16.1 Å². The van der Waals surface area contributed by atoms with Crippen molar-refractivity contribution in [3.8, 4) is 0 Å². The van der Waals surface area contributed by atoms with E-state index in [1.807, 2.05) is 0 Å². The van der Waals surface area contributed by atoms with E-state index in [2.05, 4.69) is 10.3 Å². The Hall–Kier alpha value is -2.28. The molecule has 0 aliphatic rings. The second kappa shape index (κ2) is 7.53. The zero-order valence-electron chi connectivity index (χ0n) is 13.3. The third-order valence-electron chi connectivity index (χ3n) is 3.47. The van der Waals surface area contributed by atoms with Gasteiger partial charge >= 0.3 is 5.97 Å². The lowest BCUT2D eigenvalue weighted by molar-refractivity contribution is -0.119. The first-order valence-electron chi connectivity index (χ1n) is 7.32. The number of carbonyl (C=O) groups is 2. The minimum atomic E-state index is -0.779. The molecule has 0 saturated carbocycles. The van der Waals surface area contributed by atoms with Crippen LogP contribution in [0.5, 0.6) is 0 Å². The maximum Gasteiger partial charge on any atom is 0.374 e. The Bertz CT molecular complexity index is 1020. The summed E-state index contributed by atoms with van der Waals surface area (Å²) in [5.74, 6) is -1.28. The van der Waals surface area contributed by atoms with Crippen molar-refractivity contribution in [1.82, 2.24) is 4.98 Å². The largest absolute Gasteiger partial charge is 0.450 e. The third-order valence-corrected chi connectivity index (χ3v) is 4.55. The highest BCUT2D eigenvalue weighted by Gasteiger charge is 2.17. The van der Waals surface area contributed by atoms with Crippen molar-refractivity contribution in [3.63, 3.8) is 0 Å². The van der Waals surface area contributed by atoms with Crippen molar-refractivity contribution in [2.75, 3.05) is 11.9 Å². The van der Waals surface area contributed by atoms with Gasteiger partial charge in [-0.1, -0.05) is 34.8 Å². The molecule has 9 heteroatoms. The quantitative estimate of drug-likeness (QED) is 0.616. The van der Waals surface area contributed by atoms with Crippen LogP contribution in [-0.4, -0.2) is 23.5 Å². The number of amides is 1. The van der Waals surface area contributed by atoms with Gasteiger partial charge in [-0.05, 0) is 36.8 Å². The minimum Gasteiger partial charge on any atom is -0.450 e. The number of halogens is 3. The number of rotatable bonds is 4.